The van der Waals surface area contributed by atoms with Gasteiger partial charge in [0.1, 0.15) is 5.60 Å². The molecule has 1 N–H and O–H groups in total. The normalized spacial score (nSPS) is 22.8. The Labute approximate surface area is 108 Å². The molecule has 0 saturated heterocycles. The molecule has 0 saturated carbocycles. The topological polar surface area (TPSA) is 38.0 Å². The van der Waals surface area contributed by atoms with E-state index in [1.807, 2.05) is 25.2 Å². The summed E-state index contributed by atoms with van der Waals surface area (Å²) in [4.78, 5) is 0. The highest BCUT2D eigenvalue weighted by molar-refractivity contribution is 9.10. The molecule has 3 nitrogen and oxygen atoms in total. The molecule has 0 bridgehead atoms. The first-order valence-electron chi connectivity index (χ1n) is 5.61. The fourth-order valence-corrected chi connectivity index (χ4v) is 3.39. The van der Waals surface area contributed by atoms with Crippen LogP contribution in [0.25, 0.3) is 0 Å². The first kappa shape index (κ1) is 11.0. The van der Waals surface area contributed by atoms with Crippen LogP contribution in [0.1, 0.15) is 23.2 Å². The third-order valence-electron chi connectivity index (χ3n) is 3.50. The van der Waals surface area contributed by atoms with Gasteiger partial charge in [0.15, 0.2) is 0 Å². The maximum Gasteiger partial charge on any atom is 0.133 e. The summed E-state index contributed by atoms with van der Waals surface area (Å²) in [6, 6.07) is 8.07. The largest absolute Gasteiger partial charge is 0.379 e. The summed E-state index contributed by atoms with van der Waals surface area (Å²) in [5.41, 5.74) is 2.15. The van der Waals surface area contributed by atoms with E-state index in [9.17, 15) is 5.11 Å². The Balaban J connectivity index is 2.22. The molecule has 1 unspecified atom stereocenters. The lowest BCUT2D eigenvalue weighted by atomic mass is 9.92. The summed E-state index contributed by atoms with van der Waals surface area (Å²) < 4.78 is 2.60. The van der Waals surface area contributed by atoms with Crippen LogP contribution in [-0.2, 0) is 19.1 Å². The Bertz CT molecular complexity index is 559. The van der Waals surface area contributed by atoms with Gasteiger partial charge in [-0.1, -0.05) is 24.3 Å². The zero-order valence-corrected chi connectivity index (χ0v) is 11.1. The molecule has 0 spiro atoms. The molecule has 1 heterocycles. The Morgan fingerprint density at radius 3 is 2.88 bits per heavy atom. The van der Waals surface area contributed by atoms with Crippen molar-refractivity contribution < 1.29 is 5.11 Å². The van der Waals surface area contributed by atoms with E-state index in [0.717, 1.165) is 22.2 Å². The van der Waals surface area contributed by atoms with E-state index in [0.29, 0.717) is 6.42 Å². The zero-order valence-electron chi connectivity index (χ0n) is 9.52. The predicted octanol–water partition coefficient (Wildman–Crippen LogP) is 2.36. The Hall–Kier alpha value is -1.13. The SMILES string of the molecule is Cn1ncc(Br)c1C1(O)CCc2ccccc21. The minimum atomic E-state index is -0.916. The van der Waals surface area contributed by atoms with Crippen LogP contribution in [0.3, 0.4) is 0 Å². The Morgan fingerprint density at radius 1 is 1.41 bits per heavy atom. The number of aliphatic hydroxyl groups is 1. The summed E-state index contributed by atoms with van der Waals surface area (Å²) >= 11 is 3.47. The fraction of sp³-hybridized carbons (Fsp3) is 0.308. The van der Waals surface area contributed by atoms with Crippen molar-refractivity contribution in [2.75, 3.05) is 0 Å². The number of fused-ring (bicyclic) bond motifs is 1. The molecule has 0 amide bonds. The highest BCUT2D eigenvalue weighted by Gasteiger charge is 2.41. The van der Waals surface area contributed by atoms with E-state index in [-0.39, 0.29) is 0 Å². The average Bonchev–Trinajstić information content (AvgIpc) is 2.83. The van der Waals surface area contributed by atoms with Crippen LogP contribution in [0.15, 0.2) is 34.9 Å². The number of aromatic nitrogens is 2. The summed E-state index contributed by atoms with van der Waals surface area (Å²) in [7, 11) is 1.86. The van der Waals surface area contributed by atoms with Gasteiger partial charge >= 0.3 is 0 Å². The number of hydrogen-bond acceptors (Lipinski definition) is 2. The van der Waals surface area contributed by atoms with Crippen molar-refractivity contribution in [3.05, 3.63) is 51.8 Å². The number of aryl methyl sites for hydroxylation is 2. The molecule has 17 heavy (non-hydrogen) atoms. The van der Waals surface area contributed by atoms with Gasteiger partial charge < -0.3 is 5.11 Å². The second-order valence-corrected chi connectivity index (χ2v) is 5.34. The number of halogens is 1. The standard InChI is InChI=1S/C13H13BrN2O/c1-16-12(11(14)8-15-16)13(17)7-6-9-4-2-3-5-10(9)13/h2-5,8,17H,6-7H2,1H3. The molecule has 0 fully saturated rings. The van der Waals surface area contributed by atoms with E-state index < -0.39 is 5.60 Å². The van der Waals surface area contributed by atoms with Gasteiger partial charge in [-0.25, -0.2) is 0 Å². The van der Waals surface area contributed by atoms with Gasteiger partial charge in [-0.2, -0.15) is 5.10 Å². The number of hydrogen-bond donors (Lipinski definition) is 1. The molecule has 1 aliphatic carbocycles. The monoisotopic (exact) mass is 292 g/mol. The summed E-state index contributed by atoms with van der Waals surface area (Å²) in [6.07, 6.45) is 3.35. The minimum absolute atomic E-state index is 0.713. The maximum atomic E-state index is 11.0. The third kappa shape index (κ3) is 1.47. The van der Waals surface area contributed by atoms with Crippen LogP contribution >= 0.6 is 15.9 Å². The predicted molar refractivity (Wildman–Crippen MR) is 68.7 cm³/mol. The molecule has 0 radical (unpaired) electrons. The van der Waals surface area contributed by atoms with Crippen molar-refractivity contribution in [1.82, 2.24) is 9.78 Å². The van der Waals surface area contributed by atoms with E-state index in [2.05, 4.69) is 27.1 Å². The Kier molecular flexibility index (Phi) is 2.38. The number of rotatable bonds is 1. The maximum absolute atomic E-state index is 11.0. The van der Waals surface area contributed by atoms with E-state index in [1.54, 1.807) is 10.9 Å². The lowest BCUT2D eigenvalue weighted by molar-refractivity contribution is 0.0732. The molecule has 1 aliphatic rings. The van der Waals surface area contributed by atoms with Gasteiger partial charge in [-0.05, 0) is 39.9 Å². The molecule has 1 atom stereocenters. The quantitative estimate of drug-likeness (QED) is 0.876. The minimum Gasteiger partial charge on any atom is -0.379 e. The first-order chi connectivity index (χ1) is 8.13. The van der Waals surface area contributed by atoms with Crippen LogP contribution < -0.4 is 0 Å². The molecule has 2 aromatic rings. The van der Waals surface area contributed by atoms with Crippen LogP contribution in [0, 0.1) is 0 Å². The van der Waals surface area contributed by atoms with Crippen LogP contribution in [0.5, 0.6) is 0 Å². The van der Waals surface area contributed by atoms with Crippen molar-refractivity contribution in [3.63, 3.8) is 0 Å². The highest BCUT2D eigenvalue weighted by Crippen LogP contribution is 2.43. The zero-order chi connectivity index (χ0) is 12.0. The molecule has 88 valence electrons. The van der Waals surface area contributed by atoms with Crippen LogP contribution in [0.4, 0.5) is 0 Å². The Morgan fingerprint density at radius 2 is 2.18 bits per heavy atom. The number of nitrogens with zero attached hydrogens (tertiary/aromatic N) is 2. The van der Waals surface area contributed by atoms with Gasteiger partial charge in [0.05, 0.1) is 16.4 Å². The lowest BCUT2D eigenvalue weighted by Gasteiger charge is -2.25. The van der Waals surface area contributed by atoms with Crippen LogP contribution in [-0.4, -0.2) is 14.9 Å². The van der Waals surface area contributed by atoms with Gasteiger partial charge in [-0.15, -0.1) is 0 Å². The smallest absolute Gasteiger partial charge is 0.133 e. The van der Waals surface area contributed by atoms with Crippen molar-refractivity contribution in [3.8, 4) is 0 Å². The van der Waals surface area contributed by atoms with Crippen LogP contribution in [0.2, 0.25) is 0 Å². The van der Waals surface area contributed by atoms with Crippen molar-refractivity contribution in [2.45, 2.75) is 18.4 Å². The van der Waals surface area contributed by atoms with Crippen molar-refractivity contribution in [2.24, 2.45) is 7.05 Å². The molecule has 0 aliphatic heterocycles. The summed E-state index contributed by atoms with van der Waals surface area (Å²) in [5, 5.41) is 15.2. The molecule has 1 aromatic heterocycles. The second kappa shape index (κ2) is 3.68. The first-order valence-corrected chi connectivity index (χ1v) is 6.41. The summed E-state index contributed by atoms with van der Waals surface area (Å²) in [5.74, 6) is 0. The third-order valence-corrected chi connectivity index (χ3v) is 4.09. The van der Waals surface area contributed by atoms with Gasteiger partial charge in [0, 0.05) is 7.05 Å². The van der Waals surface area contributed by atoms with Crippen molar-refractivity contribution in [1.29, 1.82) is 0 Å². The number of benzene rings is 1. The van der Waals surface area contributed by atoms with E-state index in [1.165, 1.54) is 5.56 Å². The molecule has 4 heteroatoms. The fourth-order valence-electron chi connectivity index (χ4n) is 2.71. The average molecular weight is 293 g/mol. The second-order valence-electron chi connectivity index (χ2n) is 4.48. The van der Waals surface area contributed by atoms with Gasteiger partial charge in [-0.3, -0.25) is 4.68 Å². The molecule has 3 rings (SSSR count). The highest BCUT2D eigenvalue weighted by atomic mass is 79.9. The molecular weight excluding hydrogens is 280 g/mol. The lowest BCUT2D eigenvalue weighted by Crippen LogP contribution is -2.27. The molecule has 1 aromatic carbocycles. The van der Waals surface area contributed by atoms with Crippen molar-refractivity contribution >= 4 is 15.9 Å². The summed E-state index contributed by atoms with van der Waals surface area (Å²) in [6.45, 7) is 0. The van der Waals surface area contributed by atoms with E-state index in [4.69, 9.17) is 0 Å². The van der Waals surface area contributed by atoms with Gasteiger partial charge in [0.2, 0.25) is 0 Å². The molecular formula is C13H13BrN2O. The van der Waals surface area contributed by atoms with Gasteiger partial charge in [0.25, 0.3) is 0 Å². The van der Waals surface area contributed by atoms with E-state index >= 15 is 0 Å².